The molecule has 0 unspecified atom stereocenters. The maximum Gasteiger partial charge on any atom is 0.293 e. The molecule has 1 heterocycles. The van der Waals surface area contributed by atoms with Crippen LogP contribution < -0.4 is 10.6 Å². The lowest BCUT2D eigenvalue weighted by atomic mass is 10.1. The molecule has 0 saturated carbocycles. The number of nitriles is 1. The van der Waals surface area contributed by atoms with Crippen molar-refractivity contribution in [1.82, 2.24) is 4.98 Å². The van der Waals surface area contributed by atoms with Crippen molar-refractivity contribution in [2.75, 3.05) is 10.6 Å². The molecule has 0 spiro atoms. The first kappa shape index (κ1) is 18.5. The lowest BCUT2D eigenvalue weighted by molar-refractivity contribution is -0.384. The predicted molar refractivity (Wildman–Crippen MR) is 104 cm³/mol. The Hall–Kier alpha value is -4.25. The molecule has 0 fully saturated rings. The topological polar surface area (TPSA) is 121 Å². The number of nitrogens with one attached hydrogen (secondary N) is 2. The number of nitro groups is 1. The van der Waals surface area contributed by atoms with Gasteiger partial charge < -0.3 is 10.6 Å². The molecule has 2 aromatic carbocycles. The van der Waals surface area contributed by atoms with Gasteiger partial charge in [-0.25, -0.2) is 0 Å². The molecule has 8 nitrogen and oxygen atoms in total. The van der Waals surface area contributed by atoms with E-state index in [4.69, 9.17) is 5.26 Å². The van der Waals surface area contributed by atoms with E-state index in [1.807, 2.05) is 12.1 Å². The lowest BCUT2D eigenvalue weighted by Gasteiger charge is -2.10. The van der Waals surface area contributed by atoms with Crippen molar-refractivity contribution in [3.8, 4) is 6.07 Å². The smallest absolute Gasteiger partial charge is 0.293 e. The average Bonchev–Trinajstić information content (AvgIpc) is 2.73. The highest BCUT2D eigenvalue weighted by Gasteiger charge is 2.14. The van der Waals surface area contributed by atoms with Crippen LogP contribution in [0.2, 0.25) is 0 Å². The third-order valence-corrected chi connectivity index (χ3v) is 3.93. The van der Waals surface area contributed by atoms with Gasteiger partial charge in [-0.2, -0.15) is 5.26 Å². The Kier molecular flexibility index (Phi) is 5.58. The predicted octanol–water partition coefficient (Wildman–Crippen LogP) is 3.73. The average molecular weight is 373 g/mol. The van der Waals surface area contributed by atoms with E-state index in [1.54, 1.807) is 42.7 Å². The SMILES string of the molecule is N#Cc1ccc(NCc2cccc(NC(=O)c3ccncc3)c2)c([N+](=O)[O-])c1. The second-order valence-electron chi connectivity index (χ2n) is 5.84. The first-order valence-electron chi connectivity index (χ1n) is 8.29. The number of pyridine rings is 1. The number of anilines is 2. The normalized spacial score (nSPS) is 9.96. The minimum absolute atomic E-state index is 0.166. The quantitative estimate of drug-likeness (QED) is 0.502. The van der Waals surface area contributed by atoms with Crippen LogP contribution in [-0.2, 0) is 6.54 Å². The van der Waals surface area contributed by atoms with Crippen LogP contribution in [0.3, 0.4) is 0 Å². The van der Waals surface area contributed by atoms with E-state index in [-0.39, 0.29) is 17.2 Å². The number of nitrogens with zero attached hydrogens (tertiary/aromatic N) is 3. The highest BCUT2D eigenvalue weighted by Crippen LogP contribution is 2.26. The molecule has 3 rings (SSSR count). The molecule has 8 heteroatoms. The van der Waals surface area contributed by atoms with Gasteiger partial charge in [0.1, 0.15) is 5.69 Å². The molecule has 1 aromatic heterocycles. The largest absolute Gasteiger partial charge is 0.375 e. The summed E-state index contributed by atoms with van der Waals surface area (Å²) in [6.07, 6.45) is 3.08. The maximum absolute atomic E-state index is 12.2. The summed E-state index contributed by atoms with van der Waals surface area (Å²) in [5.41, 5.74) is 2.29. The van der Waals surface area contributed by atoms with Gasteiger partial charge >= 0.3 is 0 Å². The Morgan fingerprint density at radius 2 is 1.93 bits per heavy atom. The van der Waals surface area contributed by atoms with Gasteiger partial charge in [-0.3, -0.25) is 19.9 Å². The van der Waals surface area contributed by atoms with Crippen molar-refractivity contribution in [1.29, 1.82) is 5.26 Å². The standard InChI is InChI=1S/C20H15N5O3/c21-12-14-4-5-18(19(11-14)25(27)28)23-13-15-2-1-3-17(10-15)24-20(26)16-6-8-22-9-7-16/h1-11,23H,13H2,(H,24,26). The molecule has 138 valence electrons. The number of hydrogen-bond acceptors (Lipinski definition) is 6. The summed E-state index contributed by atoms with van der Waals surface area (Å²) in [7, 11) is 0. The summed E-state index contributed by atoms with van der Waals surface area (Å²) in [5.74, 6) is -0.254. The van der Waals surface area contributed by atoms with Gasteiger partial charge in [-0.1, -0.05) is 12.1 Å². The molecule has 3 aromatic rings. The summed E-state index contributed by atoms with van der Waals surface area (Å²) in [6, 6.07) is 16.5. The summed E-state index contributed by atoms with van der Waals surface area (Å²) in [6.45, 7) is 0.311. The van der Waals surface area contributed by atoms with Crippen molar-refractivity contribution in [2.24, 2.45) is 0 Å². The molecular formula is C20H15N5O3. The number of aromatic nitrogens is 1. The van der Waals surface area contributed by atoms with Crippen molar-refractivity contribution in [3.05, 3.63) is 93.8 Å². The fourth-order valence-corrected chi connectivity index (χ4v) is 2.56. The van der Waals surface area contributed by atoms with Gasteiger partial charge in [-0.05, 0) is 42.0 Å². The van der Waals surface area contributed by atoms with Crippen LogP contribution in [0, 0.1) is 21.4 Å². The summed E-state index contributed by atoms with van der Waals surface area (Å²) < 4.78 is 0. The van der Waals surface area contributed by atoms with Gasteiger partial charge in [-0.15, -0.1) is 0 Å². The number of nitro benzene ring substituents is 1. The molecule has 0 saturated heterocycles. The van der Waals surface area contributed by atoms with Crippen molar-refractivity contribution in [2.45, 2.75) is 6.54 Å². The Morgan fingerprint density at radius 1 is 1.14 bits per heavy atom. The van der Waals surface area contributed by atoms with E-state index in [9.17, 15) is 14.9 Å². The number of carbonyl (C=O) groups excluding carboxylic acids is 1. The number of amides is 1. The van der Waals surface area contributed by atoms with Gasteiger partial charge in [0.2, 0.25) is 0 Å². The summed E-state index contributed by atoms with van der Waals surface area (Å²) in [5, 5.41) is 25.9. The molecule has 1 amide bonds. The molecule has 0 aliphatic carbocycles. The molecular weight excluding hydrogens is 358 g/mol. The van der Waals surface area contributed by atoms with Crippen LogP contribution in [0.25, 0.3) is 0 Å². The van der Waals surface area contributed by atoms with Gasteiger partial charge in [0, 0.05) is 36.3 Å². The minimum Gasteiger partial charge on any atom is -0.375 e. The molecule has 0 bridgehead atoms. The summed E-state index contributed by atoms with van der Waals surface area (Å²) in [4.78, 5) is 26.8. The third kappa shape index (κ3) is 4.47. The van der Waals surface area contributed by atoms with E-state index < -0.39 is 4.92 Å². The Balaban J connectivity index is 1.71. The van der Waals surface area contributed by atoms with Gasteiger partial charge in [0.15, 0.2) is 0 Å². The number of hydrogen-bond donors (Lipinski definition) is 2. The molecule has 0 radical (unpaired) electrons. The van der Waals surface area contributed by atoms with Crippen LogP contribution in [0.15, 0.2) is 67.0 Å². The van der Waals surface area contributed by atoms with Crippen LogP contribution in [0.1, 0.15) is 21.5 Å². The first-order valence-corrected chi connectivity index (χ1v) is 8.29. The second-order valence-corrected chi connectivity index (χ2v) is 5.84. The fourth-order valence-electron chi connectivity index (χ4n) is 2.56. The van der Waals surface area contributed by atoms with E-state index in [2.05, 4.69) is 15.6 Å². The number of rotatable bonds is 6. The summed E-state index contributed by atoms with van der Waals surface area (Å²) >= 11 is 0. The van der Waals surface area contributed by atoms with E-state index in [0.717, 1.165) is 5.56 Å². The minimum atomic E-state index is -0.533. The highest BCUT2D eigenvalue weighted by molar-refractivity contribution is 6.04. The zero-order chi connectivity index (χ0) is 19.9. The number of benzene rings is 2. The van der Waals surface area contributed by atoms with E-state index in [0.29, 0.717) is 23.5 Å². The van der Waals surface area contributed by atoms with E-state index in [1.165, 1.54) is 18.2 Å². The fraction of sp³-hybridized carbons (Fsp3) is 0.0500. The van der Waals surface area contributed by atoms with Gasteiger partial charge in [0.25, 0.3) is 11.6 Å². The molecule has 28 heavy (non-hydrogen) atoms. The Morgan fingerprint density at radius 3 is 2.64 bits per heavy atom. The monoisotopic (exact) mass is 373 g/mol. The van der Waals surface area contributed by atoms with Crippen LogP contribution in [-0.4, -0.2) is 15.8 Å². The molecule has 0 aliphatic heterocycles. The van der Waals surface area contributed by atoms with Crippen LogP contribution >= 0.6 is 0 Å². The second kappa shape index (κ2) is 8.42. The molecule has 0 atom stereocenters. The Bertz CT molecular complexity index is 1060. The molecule has 2 N–H and O–H groups in total. The first-order chi connectivity index (χ1) is 13.6. The van der Waals surface area contributed by atoms with Crippen molar-refractivity contribution < 1.29 is 9.72 Å². The lowest BCUT2D eigenvalue weighted by Crippen LogP contribution is -2.12. The number of carbonyl (C=O) groups is 1. The highest BCUT2D eigenvalue weighted by atomic mass is 16.6. The zero-order valence-electron chi connectivity index (χ0n) is 14.6. The Labute approximate surface area is 160 Å². The van der Waals surface area contributed by atoms with E-state index >= 15 is 0 Å². The van der Waals surface area contributed by atoms with Crippen molar-refractivity contribution >= 4 is 23.0 Å². The van der Waals surface area contributed by atoms with Crippen LogP contribution in [0.5, 0.6) is 0 Å². The van der Waals surface area contributed by atoms with Crippen LogP contribution in [0.4, 0.5) is 17.1 Å². The third-order valence-electron chi connectivity index (χ3n) is 3.93. The maximum atomic E-state index is 12.2. The zero-order valence-corrected chi connectivity index (χ0v) is 14.6. The molecule has 0 aliphatic rings. The van der Waals surface area contributed by atoms with Gasteiger partial charge in [0.05, 0.1) is 16.6 Å². The van der Waals surface area contributed by atoms with Crippen molar-refractivity contribution in [3.63, 3.8) is 0 Å².